The van der Waals surface area contributed by atoms with Gasteiger partial charge in [0, 0.05) is 24.6 Å². The second-order valence-electron chi connectivity index (χ2n) is 4.14. The summed E-state index contributed by atoms with van der Waals surface area (Å²) in [6.07, 6.45) is 5.19. The van der Waals surface area contributed by atoms with E-state index in [0.29, 0.717) is 10.7 Å². The maximum atomic E-state index is 11.9. The zero-order chi connectivity index (χ0) is 13.1. The number of anilines is 1. The second kappa shape index (κ2) is 5.41. The monoisotopic (exact) mass is 276 g/mol. The Morgan fingerprint density at radius 3 is 2.95 bits per heavy atom. The first-order chi connectivity index (χ1) is 9.33. The Labute approximate surface area is 113 Å². The predicted octanol–water partition coefficient (Wildman–Crippen LogP) is 2.04. The molecule has 2 aromatic heterocycles. The van der Waals surface area contributed by atoms with Crippen molar-refractivity contribution < 1.29 is 9.53 Å². The van der Waals surface area contributed by atoms with Gasteiger partial charge in [-0.3, -0.25) is 15.1 Å². The van der Waals surface area contributed by atoms with Gasteiger partial charge in [-0.15, -0.1) is 10.2 Å². The van der Waals surface area contributed by atoms with Crippen LogP contribution < -0.4 is 5.32 Å². The van der Waals surface area contributed by atoms with E-state index in [1.54, 1.807) is 24.5 Å². The molecular formula is C12H12N4O2S. The predicted molar refractivity (Wildman–Crippen MR) is 70.0 cm³/mol. The molecule has 1 fully saturated rings. The van der Waals surface area contributed by atoms with Crippen LogP contribution in [0.1, 0.15) is 34.3 Å². The van der Waals surface area contributed by atoms with Crippen molar-refractivity contribution in [1.82, 2.24) is 15.2 Å². The molecule has 1 saturated heterocycles. The minimum absolute atomic E-state index is 0.0316. The summed E-state index contributed by atoms with van der Waals surface area (Å²) in [6, 6.07) is 3.30. The van der Waals surface area contributed by atoms with Gasteiger partial charge in [0.1, 0.15) is 11.1 Å². The number of rotatable bonds is 3. The molecule has 98 valence electrons. The number of amides is 1. The molecule has 0 aliphatic carbocycles. The average molecular weight is 276 g/mol. The number of ether oxygens (including phenoxy) is 1. The van der Waals surface area contributed by atoms with E-state index in [4.69, 9.17) is 4.74 Å². The fraction of sp³-hybridized carbons (Fsp3) is 0.333. The number of carbonyl (C=O) groups is 1. The standard InChI is InChI=1S/C12H12N4O2S/c17-10(8-3-5-13-6-4-8)14-12-16-15-11(19-12)9-2-1-7-18-9/h3-6,9H,1-2,7H2,(H,14,16,17). The van der Waals surface area contributed by atoms with Gasteiger partial charge in [-0.25, -0.2) is 0 Å². The van der Waals surface area contributed by atoms with Gasteiger partial charge in [0.25, 0.3) is 5.91 Å². The maximum absolute atomic E-state index is 11.9. The van der Waals surface area contributed by atoms with Crippen molar-refractivity contribution in [3.05, 3.63) is 35.1 Å². The largest absolute Gasteiger partial charge is 0.371 e. The SMILES string of the molecule is O=C(Nc1nnc(C2CCCO2)s1)c1ccncc1. The fourth-order valence-corrected chi connectivity index (χ4v) is 2.68. The molecule has 0 bridgehead atoms. The Hall–Kier alpha value is -1.86. The van der Waals surface area contributed by atoms with E-state index >= 15 is 0 Å². The van der Waals surface area contributed by atoms with Crippen LogP contribution >= 0.6 is 11.3 Å². The van der Waals surface area contributed by atoms with Gasteiger partial charge >= 0.3 is 0 Å². The van der Waals surface area contributed by atoms with Crippen LogP contribution in [0.3, 0.4) is 0 Å². The molecule has 3 heterocycles. The number of nitrogens with one attached hydrogen (secondary N) is 1. The lowest BCUT2D eigenvalue weighted by molar-refractivity contribution is 0.102. The topological polar surface area (TPSA) is 77.0 Å². The molecule has 6 nitrogen and oxygen atoms in total. The van der Waals surface area contributed by atoms with Crippen molar-refractivity contribution >= 4 is 22.4 Å². The summed E-state index contributed by atoms with van der Waals surface area (Å²) in [5.74, 6) is -0.211. The van der Waals surface area contributed by atoms with E-state index in [1.807, 2.05) is 0 Å². The number of aromatic nitrogens is 3. The average Bonchev–Trinajstić information content (AvgIpc) is 3.10. The molecule has 7 heteroatoms. The fourth-order valence-electron chi connectivity index (χ4n) is 1.86. The van der Waals surface area contributed by atoms with Crippen LogP contribution in [0.25, 0.3) is 0 Å². The molecule has 1 atom stereocenters. The van der Waals surface area contributed by atoms with Crippen LogP contribution in [-0.2, 0) is 4.74 Å². The zero-order valence-electron chi connectivity index (χ0n) is 10.1. The summed E-state index contributed by atoms with van der Waals surface area (Å²) >= 11 is 1.36. The Morgan fingerprint density at radius 2 is 2.21 bits per heavy atom. The van der Waals surface area contributed by atoms with Gasteiger partial charge in [0.2, 0.25) is 5.13 Å². The molecule has 2 aromatic rings. The van der Waals surface area contributed by atoms with Gasteiger partial charge in [-0.05, 0) is 25.0 Å². The molecular weight excluding hydrogens is 264 g/mol. The molecule has 0 saturated carbocycles. The van der Waals surface area contributed by atoms with Crippen LogP contribution in [0.15, 0.2) is 24.5 Å². The Kier molecular flexibility index (Phi) is 3.47. The number of pyridine rings is 1. The summed E-state index contributed by atoms with van der Waals surface area (Å²) in [6.45, 7) is 0.767. The van der Waals surface area contributed by atoms with Gasteiger partial charge in [-0.2, -0.15) is 0 Å². The highest BCUT2D eigenvalue weighted by Gasteiger charge is 2.22. The highest BCUT2D eigenvalue weighted by molar-refractivity contribution is 7.15. The van der Waals surface area contributed by atoms with E-state index in [9.17, 15) is 4.79 Å². The number of nitrogens with zero attached hydrogens (tertiary/aromatic N) is 3. The van der Waals surface area contributed by atoms with Crippen LogP contribution in [0.2, 0.25) is 0 Å². The van der Waals surface area contributed by atoms with Crippen molar-refractivity contribution in [2.45, 2.75) is 18.9 Å². The van der Waals surface area contributed by atoms with Crippen molar-refractivity contribution in [2.24, 2.45) is 0 Å². The van der Waals surface area contributed by atoms with E-state index in [1.165, 1.54) is 11.3 Å². The molecule has 19 heavy (non-hydrogen) atoms. The third kappa shape index (κ3) is 2.77. The molecule has 0 radical (unpaired) electrons. The minimum atomic E-state index is -0.211. The van der Waals surface area contributed by atoms with Crippen LogP contribution in [-0.4, -0.2) is 27.7 Å². The minimum Gasteiger partial charge on any atom is -0.371 e. The molecule has 0 spiro atoms. The summed E-state index contributed by atoms with van der Waals surface area (Å²) in [7, 11) is 0. The lowest BCUT2D eigenvalue weighted by Crippen LogP contribution is -2.11. The molecule has 1 unspecified atom stereocenters. The third-order valence-electron chi connectivity index (χ3n) is 2.81. The number of hydrogen-bond acceptors (Lipinski definition) is 6. The van der Waals surface area contributed by atoms with Crippen LogP contribution in [0, 0.1) is 0 Å². The van der Waals surface area contributed by atoms with Crippen molar-refractivity contribution in [3.63, 3.8) is 0 Å². The van der Waals surface area contributed by atoms with Gasteiger partial charge < -0.3 is 4.74 Å². The lowest BCUT2D eigenvalue weighted by atomic mass is 10.2. The van der Waals surface area contributed by atoms with E-state index in [0.717, 1.165) is 24.5 Å². The van der Waals surface area contributed by atoms with E-state index in [-0.39, 0.29) is 12.0 Å². The highest BCUT2D eigenvalue weighted by Crippen LogP contribution is 2.31. The Balaban J connectivity index is 1.68. The third-order valence-corrected chi connectivity index (χ3v) is 3.74. The van der Waals surface area contributed by atoms with Gasteiger partial charge in [-0.1, -0.05) is 11.3 Å². The summed E-state index contributed by atoms with van der Waals surface area (Å²) < 4.78 is 5.53. The number of carbonyl (C=O) groups excluding carboxylic acids is 1. The summed E-state index contributed by atoms with van der Waals surface area (Å²) in [4.78, 5) is 15.8. The first kappa shape index (κ1) is 12.2. The quantitative estimate of drug-likeness (QED) is 0.928. The van der Waals surface area contributed by atoms with E-state index in [2.05, 4.69) is 20.5 Å². The molecule has 1 N–H and O–H groups in total. The number of hydrogen-bond donors (Lipinski definition) is 1. The zero-order valence-corrected chi connectivity index (χ0v) is 10.9. The Morgan fingerprint density at radius 1 is 1.37 bits per heavy atom. The Bertz CT molecular complexity index is 566. The molecule has 0 aromatic carbocycles. The van der Waals surface area contributed by atoms with Gasteiger partial charge in [0.15, 0.2) is 0 Å². The highest BCUT2D eigenvalue weighted by atomic mass is 32.1. The van der Waals surface area contributed by atoms with Crippen molar-refractivity contribution in [2.75, 3.05) is 11.9 Å². The molecule has 1 amide bonds. The first-order valence-electron chi connectivity index (χ1n) is 5.99. The maximum Gasteiger partial charge on any atom is 0.257 e. The normalized spacial score (nSPS) is 18.4. The van der Waals surface area contributed by atoms with Crippen molar-refractivity contribution in [3.8, 4) is 0 Å². The summed E-state index contributed by atoms with van der Waals surface area (Å²) in [5, 5.41) is 12.1. The molecule has 1 aliphatic rings. The van der Waals surface area contributed by atoms with Gasteiger partial charge in [0.05, 0.1) is 0 Å². The lowest BCUT2D eigenvalue weighted by Gasteiger charge is -2.02. The first-order valence-corrected chi connectivity index (χ1v) is 6.81. The second-order valence-corrected chi connectivity index (χ2v) is 5.15. The van der Waals surface area contributed by atoms with Crippen LogP contribution in [0.5, 0.6) is 0 Å². The smallest absolute Gasteiger partial charge is 0.257 e. The molecule has 3 rings (SSSR count). The van der Waals surface area contributed by atoms with Crippen molar-refractivity contribution in [1.29, 1.82) is 0 Å². The molecule has 1 aliphatic heterocycles. The van der Waals surface area contributed by atoms with Crippen LogP contribution in [0.4, 0.5) is 5.13 Å². The van der Waals surface area contributed by atoms with E-state index < -0.39 is 0 Å². The summed E-state index contributed by atoms with van der Waals surface area (Å²) in [5.41, 5.74) is 0.545.